The van der Waals surface area contributed by atoms with Crippen molar-refractivity contribution in [3.63, 3.8) is 0 Å². The number of hydrogen-bond donors (Lipinski definition) is 8. The maximum Gasteiger partial charge on any atom is 0.249 e. The molecule has 1 amide bonds. The summed E-state index contributed by atoms with van der Waals surface area (Å²) >= 11 is 0. The van der Waals surface area contributed by atoms with Crippen molar-refractivity contribution >= 4 is 5.91 Å². The van der Waals surface area contributed by atoms with Crippen LogP contribution < -0.4 is 5.32 Å². The zero-order valence-corrected chi connectivity index (χ0v) is 45.3. The van der Waals surface area contributed by atoms with Crippen molar-refractivity contribution in [2.75, 3.05) is 13.2 Å². The molecule has 1 aliphatic heterocycles. The van der Waals surface area contributed by atoms with E-state index in [9.17, 15) is 40.5 Å². The van der Waals surface area contributed by atoms with Gasteiger partial charge in [0.05, 0.1) is 25.4 Å². The number of allylic oxidation sites excluding steroid dienone is 4. The van der Waals surface area contributed by atoms with Gasteiger partial charge in [-0.2, -0.15) is 0 Å². The number of ether oxygens (including phenoxy) is 2. The topological polar surface area (TPSA) is 189 Å². The largest absolute Gasteiger partial charge is 0.394 e. The number of amides is 1. The van der Waals surface area contributed by atoms with Gasteiger partial charge in [-0.25, -0.2) is 0 Å². The molecular weight excluding hydrogens is 883 g/mol. The highest BCUT2D eigenvalue weighted by molar-refractivity contribution is 5.80. The lowest BCUT2D eigenvalue weighted by Gasteiger charge is -2.40. The van der Waals surface area contributed by atoms with Crippen LogP contribution in [0.5, 0.6) is 0 Å². The summed E-state index contributed by atoms with van der Waals surface area (Å²) in [5.74, 6) is -0.695. The molecule has 1 heterocycles. The van der Waals surface area contributed by atoms with Gasteiger partial charge >= 0.3 is 0 Å². The Labute approximate surface area is 429 Å². The molecule has 70 heavy (non-hydrogen) atoms. The summed E-state index contributed by atoms with van der Waals surface area (Å²) in [5.41, 5.74) is 0. The first kappa shape index (κ1) is 66.6. The highest BCUT2D eigenvalue weighted by Gasteiger charge is 2.44. The Morgan fingerprint density at radius 1 is 0.500 bits per heavy atom. The van der Waals surface area contributed by atoms with Crippen LogP contribution in [0.3, 0.4) is 0 Å². The Hall–Kier alpha value is -1.41. The predicted molar refractivity (Wildman–Crippen MR) is 289 cm³/mol. The minimum atomic E-state index is -1.66. The normalized spacial score (nSPS) is 20.4. The van der Waals surface area contributed by atoms with E-state index in [-0.39, 0.29) is 6.42 Å². The molecule has 9 unspecified atom stereocenters. The fraction of sp³-hybridized carbons (Fsp3) is 0.915. The van der Waals surface area contributed by atoms with E-state index in [1.165, 1.54) is 193 Å². The predicted octanol–water partition coefficient (Wildman–Crippen LogP) is 12.5. The lowest BCUT2D eigenvalue weighted by molar-refractivity contribution is -0.303. The van der Waals surface area contributed by atoms with E-state index in [4.69, 9.17) is 9.47 Å². The SMILES string of the molecule is CCCCCCCCCCC/C=C\C/C=C\CCCCCCCCCCCCCCC(O)C(=O)NC(COC1OC(CO)C(O)C(O)C1O)C(O)C(O)CCCCCCCCCCCCCCCCC. The molecule has 0 radical (unpaired) electrons. The number of nitrogens with one attached hydrogen (secondary N) is 1. The van der Waals surface area contributed by atoms with Gasteiger partial charge in [-0.05, 0) is 44.9 Å². The quantitative estimate of drug-likeness (QED) is 0.0215. The Kier molecular flexibility index (Phi) is 46.2. The second-order valence-corrected chi connectivity index (χ2v) is 21.1. The van der Waals surface area contributed by atoms with E-state index in [1.54, 1.807) is 0 Å². The van der Waals surface area contributed by atoms with Crippen LogP contribution in [0.15, 0.2) is 24.3 Å². The van der Waals surface area contributed by atoms with E-state index in [0.717, 1.165) is 44.9 Å². The minimum Gasteiger partial charge on any atom is -0.394 e. The van der Waals surface area contributed by atoms with Crippen LogP contribution in [0.25, 0.3) is 0 Å². The summed E-state index contributed by atoms with van der Waals surface area (Å²) in [4.78, 5) is 13.2. The van der Waals surface area contributed by atoms with E-state index in [2.05, 4.69) is 43.5 Å². The third-order valence-corrected chi connectivity index (χ3v) is 14.5. The standard InChI is InChI=1S/C59H113NO10/c1-3-5-7-9-11-13-15-17-19-20-21-22-23-24-25-26-27-28-29-30-31-33-35-37-39-41-43-45-47-52(63)58(68)60-50(49-69-59-57(67)56(66)55(65)53(48-61)70-59)54(64)51(62)46-44-42-40-38-36-34-32-18-16-14-12-10-8-6-4-2/h21-22,24-25,50-57,59,61-67H,3-20,23,26-49H2,1-2H3,(H,60,68)/b22-21-,25-24-. The Morgan fingerprint density at radius 3 is 1.27 bits per heavy atom. The number of unbranched alkanes of at least 4 members (excludes halogenated alkanes) is 35. The van der Waals surface area contributed by atoms with Crippen molar-refractivity contribution in [2.45, 2.75) is 332 Å². The second-order valence-electron chi connectivity index (χ2n) is 21.1. The van der Waals surface area contributed by atoms with E-state index in [1.807, 2.05) is 0 Å². The molecule has 1 fully saturated rings. The highest BCUT2D eigenvalue weighted by Crippen LogP contribution is 2.23. The van der Waals surface area contributed by atoms with Gasteiger partial charge in [0.1, 0.15) is 36.6 Å². The fourth-order valence-electron chi connectivity index (χ4n) is 9.65. The molecular formula is C59H113NO10. The Morgan fingerprint density at radius 2 is 0.871 bits per heavy atom. The molecule has 0 aromatic rings. The van der Waals surface area contributed by atoms with Gasteiger partial charge in [-0.3, -0.25) is 4.79 Å². The van der Waals surface area contributed by atoms with Crippen LogP contribution in [-0.2, 0) is 14.3 Å². The van der Waals surface area contributed by atoms with Crippen molar-refractivity contribution < 1.29 is 50.0 Å². The van der Waals surface area contributed by atoms with Gasteiger partial charge in [0.25, 0.3) is 0 Å². The summed E-state index contributed by atoms with van der Waals surface area (Å²) in [7, 11) is 0. The Bertz CT molecular complexity index is 1190. The van der Waals surface area contributed by atoms with Gasteiger partial charge in [-0.1, -0.05) is 256 Å². The smallest absolute Gasteiger partial charge is 0.249 e. The molecule has 0 aromatic carbocycles. The van der Waals surface area contributed by atoms with Gasteiger partial charge in [0.2, 0.25) is 5.91 Å². The van der Waals surface area contributed by atoms with Crippen LogP contribution in [-0.4, -0.2) is 110 Å². The number of aliphatic hydroxyl groups excluding tert-OH is 7. The molecule has 1 saturated heterocycles. The van der Waals surface area contributed by atoms with E-state index >= 15 is 0 Å². The molecule has 8 N–H and O–H groups in total. The Balaban J connectivity index is 2.26. The molecule has 1 aliphatic rings. The number of aliphatic hydroxyl groups is 7. The number of carbonyl (C=O) groups is 1. The van der Waals surface area contributed by atoms with E-state index in [0.29, 0.717) is 19.3 Å². The van der Waals surface area contributed by atoms with Crippen LogP contribution >= 0.6 is 0 Å². The summed E-state index contributed by atoms with van der Waals surface area (Å²) in [6, 6.07) is -1.17. The zero-order valence-electron chi connectivity index (χ0n) is 45.3. The summed E-state index contributed by atoms with van der Waals surface area (Å²) in [6.45, 7) is 3.48. The summed E-state index contributed by atoms with van der Waals surface area (Å²) in [5, 5.41) is 76.1. The molecule has 414 valence electrons. The molecule has 11 nitrogen and oxygen atoms in total. The lowest BCUT2D eigenvalue weighted by atomic mass is 9.98. The van der Waals surface area contributed by atoms with Crippen LogP contribution in [0.1, 0.15) is 277 Å². The molecule has 0 aliphatic carbocycles. The molecule has 11 heteroatoms. The van der Waals surface area contributed by atoms with Crippen LogP contribution in [0, 0.1) is 0 Å². The van der Waals surface area contributed by atoms with Crippen molar-refractivity contribution in [1.82, 2.24) is 5.32 Å². The summed E-state index contributed by atoms with van der Waals surface area (Å²) < 4.78 is 11.1. The molecule has 0 spiro atoms. The van der Waals surface area contributed by atoms with Gasteiger partial charge in [0.15, 0.2) is 6.29 Å². The van der Waals surface area contributed by atoms with Gasteiger partial charge < -0.3 is 50.5 Å². The highest BCUT2D eigenvalue weighted by atomic mass is 16.7. The monoisotopic (exact) mass is 996 g/mol. The van der Waals surface area contributed by atoms with Gasteiger partial charge in [0, 0.05) is 0 Å². The molecule has 9 atom stereocenters. The number of rotatable bonds is 51. The lowest BCUT2D eigenvalue weighted by Crippen LogP contribution is -2.60. The molecule has 1 rings (SSSR count). The first-order valence-electron chi connectivity index (χ1n) is 29.7. The van der Waals surface area contributed by atoms with Crippen molar-refractivity contribution in [3.05, 3.63) is 24.3 Å². The van der Waals surface area contributed by atoms with E-state index < -0.39 is 74.2 Å². The van der Waals surface area contributed by atoms with Crippen molar-refractivity contribution in [3.8, 4) is 0 Å². The van der Waals surface area contributed by atoms with Crippen molar-refractivity contribution in [1.29, 1.82) is 0 Å². The minimum absolute atomic E-state index is 0.260. The first-order chi connectivity index (χ1) is 34.2. The molecule has 0 saturated carbocycles. The maximum absolute atomic E-state index is 13.2. The first-order valence-corrected chi connectivity index (χ1v) is 29.7. The van der Waals surface area contributed by atoms with Crippen LogP contribution in [0.2, 0.25) is 0 Å². The second kappa shape index (κ2) is 48.5. The fourth-order valence-corrected chi connectivity index (χ4v) is 9.65. The third kappa shape index (κ3) is 36.5. The number of carbonyl (C=O) groups excluding carboxylic acids is 1. The summed E-state index contributed by atoms with van der Waals surface area (Å²) in [6.07, 6.45) is 46.6. The van der Waals surface area contributed by atoms with Crippen LogP contribution in [0.4, 0.5) is 0 Å². The average molecular weight is 997 g/mol. The molecule has 0 bridgehead atoms. The number of hydrogen-bond acceptors (Lipinski definition) is 10. The molecule has 0 aromatic heterocycles. The third-order valence-electron chi connectivity index (χ3n) is 14.5. The van der Waals surface area contributed by atoms with Crippen molar-refractivity contribution in [2.24, 2.45) is 0 Å². The zero-order chi connectivity index (χ0) is 51.1. The maximum atomic E-state index is 13.2. The average Bonchev–Trinajstić information content (AvgIpc) is 3.36. The van der Waals surface area contributed by atoms with Gasteiger partial charge in [-0.15, -0.1) is 0 Å².